The predicted molar refractivity (Wildman–Crippen MR) is 212 cm³/mol. The van der Waals surface area contributed by atoms with Crippen LogP contribution >= 0.6 is 0 Å². The van der Waals surface area contributed by atoms with Crippen LogP contribution in [0, 0.1) is 0 Å². The van der Waals surface area contributed by atoms with Gasteiger partial charge in [-0.1, -0.05) is 194 Å². The number of hydrogen-bond acceptors (Lipinski definition) is 8. The lowest BCUT2D eigenvalue weighted by molar-refractivity contribution is -0.191. The highest BCUT2D eigenvalue weighted by molar-refractivity contribution is 5.89. The molecule has 0 unspecified atom stereocenters. The average Bonchev–Trinajstić information content (AvgIpc) is 3.13. The summed E-state index contributed by atoms with van der Waals surface area (Å²) in [6.45, 7) is 7.79. The number of rotatable bonds is 39. The molecule has 8 nitrogen and oxygen atoms in total. The molecule has 0 radical (unpaired) electrons. The zero-order valence-corrected chi connectivity index (χ0v) is 34.5. The van der Waals surface area contributed by atoms with E-state index in [0.717, 1.165) is 38.5 Å². The molecule has 0 rings (SSSR count). The molecule has 0 spiro atoms. The van der Waals surface area contributed by atoms with E-state index in [1.807, 2.05) is 0 Å². The summed E-state index contributed by atoms with van der Waals surface area (Å²) in [7, 11) is 0. The van der Waals surface area contributed by atoms with Crippen LogP contribution in [0.4, 0.5) is 0 Å². The molecular weight excluding hydrogens is 656 g/mol. The van der Waals surface area contributed by atoms with Gasteiger partial charge in [-0.3, -0.25) is 9.59 Å². The minimum Gasteiger partial charge on any atom is -0.463 e. The van der Waals surface area contributed by atoms with Crippen molar-refractivity contribution >= 4 is 23.9 Å². The molecule has 0 aromatic heterocycles. The van der Waals surface area contributed by atoms with Gasteiger partial charge in [0.05, 0.1) is 13.2 Å². The molecule has 306 valence electrons. The van der Waals surface area contributed by atoms with Crippen LogP contribution < -0.4 is 0 Å². The van der Waals surface area contributed by atoms with Crippen LogP contribution in [-0.4, -0.2) is 49.3 Å². The topological polar surface area (TPSA) is 105 Å². The van der Waals surface area contributed by atoms with E-state index in [2.05, 4.69) is 13.8 Å². The Balaban J connectivity index is 4.41. The molecular formula is C44H82O8. The summed E-state index contributed by atoms with van der Waals surface area (Å²) in [5, 5.41) is 0. The summed E-state index contributed by atoms with van der Waals surface area (Å²) in [6, 6.07) is 0. The van der Waals surface area contributed by atoms with Crippen molar-refractivity contribution in [3.63, 3.8) is 0 Å². The lowest BCUT2D eigenvalue weighted by Gasteiger charge is -2.24. The first-order chi connectivity index (χ1) is 25.4. The highest BCUT2D eigenvalue weighted by Crippen LogP contribution is 2.18. The van der Waals surface area contributed by atoms with Crippen LogP contribution in [0.1, 0.15) is 233 Å². The summed E-state index contributed by atoms with van der Waals surface area (Å²) in [5.74, 6) is -3.10. The van der Waals surface area contributed by atoms with E-state index in [-0.39, 0.29) is 26.1 Å². The fourth-order valence-corrected chi connectivity index (χ4v) is 6.60. The summed E-state index contributed by atoms with van der Waals surface area (Å²) in [5.41, 5.74) is 0. The zero-order chi connectivity index (χ0) is 38.3. The molecule has 0 N–H and O–H groups in total. The number of ether oxygens (including phenoxy) is 4. The Kier molecular flexibility index (Phi) is 37.0. The van der Waals surface area contributed by atoms with Crippen LogP contribution in [0.5, 0.6) is 0 Å². The first-order valence-electron chi connectivity index (χ1n) is 22.1. The van der Waals surface area contributed by atoms with Crippen LogP contribution in [0.3, 0.4) is 0 Å². The minimum absolute atomic E-state index is 0.0224. The second-order valence-electron chi connectivity index (χ2n) is 14.7. The van der Waals surface area contributed by atoms with Gasteiger partial charge in [0.15, 0.2) is 0 Å². The third kappa shape index (κ3) is 31.4. The summed E-state index contributed by atoms with van der Waals surface area (Å²) in [4.78, 5) is 51.2. The number of hydrogen-bond donors (Lipinski definition) is 0. The summed E-state index contributed by atoms with van der Waals surface area (Å²) in [6.07, 6.45) is 33.3. The molecule has 0 aliphatic carbocycles. The molecule has 0 aromatic carbocycles. The molecule has 0 fully saturated rings. The Hall–Kier alpha value is -2.12. The van der Waals surface area contributed by atoms with E-state index in [0.29, 0.717) is 12.8 Å². The third-order valence-corrected chi connectivity index (χ3v) is 9.80. The molecule has 0 aliphatic rings. The average molecular weight is 739 g/mol. The summed E-state index contributed by atoms with van der Waals surface area (Å²) >= 11 is 0. The largest absolute Gasteiger partial charge is 0.463 e. The highest BCUT2D eigenvalue weighted by atomic mass is 16.6. The Morgan fingerprint density at radius 1 is 0.327 bits per heavy atom. The standard InChI is InChI=1S/C44H82O8/c1-5-9-11-13-15-17-19-21-23-25-27-29-31-33-35-37-39(45)51-41(43(47)49-7-3)42(44(48)50-8-4)52-40(46)38-36-34-32-30-28-26-24-22-20-18-16-14-12-10-6-2/h41-42H,5-38H2,1-4H3/t41-,42-/m1/s1. The van der Waals surface area contributed by atoms with Gasteiger partial charge < -0.3 is 18.9 Å². The molecule has 0 bridgehead atoms. The van der Waals surface area contributed by atoms with Gasteiger partial charge in [0.1, 0.15) is 0 Å². The van der Waals surface area contributed by atoms with E-state index >= 15 is 0 Å². The first-order valence-corrected chi connectivity index (χ1v) is 22.1. The van der Waals surface area contributed by atoms with E-state index in [9.17, 15) is 19.2 Å². The molecule has 0 amide bonds. The van der Waals surface area contributed by atoms with Gasteiger partial charge in [-0.25, -0.2) is 9.59 Å². The van der Waals surface area contributed by atoms with E-state index in [4.69, 9.17) is 18.9 Å². The Morgan fingerprint density at radius 3 is 0.750 bits per heavy atom. The molecule has 0 aromatic rings. The Labute approximate surface area is 320 Å². The number of carbonyl (C=O) groups excluding carboxylic acids is 4. The third-order valence-electron chi connectivity index (χ3n) is 9.80. The fraction of sp³-hybridized carbons (Fsp3) is 0.909. The second-order valence-corrected chi connectivity index (χ2v) is 14.7. The van der Waals surface area contributed by atoms with Crippen molar-refractivity contribution in [2.45, 2.75) is 245 Å². The van der Waals surface area contributed by atoms with Gasteiger partial charge in [-0.2, -0.15) is 0 Å². The molecule has 52 heavy (non-hydrogen) atoms. The van der Waals surface area contributed by atoms with Gasteiger partial charge in [0, 0.05) is 12.8 Å². The van der Waals surface area contributed by atoms with Gasteiger partial charge in [-0.15, -0.1) is 0 Å². The van der Waals surface area contributed by atoms with Gasteiger partial charge in [-0.05, 0) is 26.7 Å². The minimum atomic E-state index is -1.70. The maximum Gasteiger partial charge on any atom is 0.352 e. The normalized spacial score (nSPS) is 12.3. The molecule has 0 aliphatic heterocycles. The van der Waals surface area contributed by atoms with Crippen LogP contribution in [0.25, 0.3) is 0 Å². The van der Waals surface area contributed by atoms with E-state index < -0.39 is 36.1 Å². The van der Waals surface area contributed by atoms with E-state index in [1.165, 1.54) is 141 Å². The van der Waals surface area contributed by atoms with Crippen molar-refractivity contribution in [3.8, 4) is 0 Å². The molecule has 2 atom stereocenters. The van der Waals surface area contributed by atoms with Gasteiger partial charge in [0.25, 0.3) is 0 Å². The van der Waals surface area contributed by atoms with Gasteiger partial charge >= 0.3 is 23.9 Å². The Morgan fingerprint density at radius 2 is 0.538 bits per heavy atom. The molecule has 0 heterocycles. The van der Waals surface area contributed by atoms with Crippen LogP contribution in [-0.2, 0) is 38.1 Å². The summed E-state index contributed by atoms with van der Waals surface area (Å²) < 4.78 is 21.1. The van der Waals surface area contributed by atoms with Crippen molar-refractivity contribution in [2.24, 2.45) is 0 Å². The van der Waals surface area contributed by atoms with Crippen molar-refractivity contribution in [1.29, 1.82) is 0 Å². The SMILES string of the molecule is CCCCCCCCCCCCCCCCCC(=O)O[C@@H](C(=O)OCC)[C@@H](OC(=O)CCCCCCCCCCCCCCCCC)C(=O)OCC. The Bertz CT molecular complexity index is 776. The molecule has 0 saturated carbocycles. The van der Waals surface area contributed by atoms with Crippen LogP contribution in [0.15, 0.2) is 0 Å². The zero-order valence-electron chi connectivity index (χ0n) is 34.5. The van der Waals surface area contributed by atoms with Crippen LogP contribution in [0.2, 0.25) is 0 Å². The fourth-order valence-electron chi connectivity index (χ4n) is 6.60. The maximum atomic E-state index is 12.8. The number of carbonyl (C=O) groups is 4. The second kappa shape index (κ2) is 38.6. The lowest BCUT2D eigenvalue weighted by Crippen LogP contribution is -2.47. The first kappa shape index (κ1) is 49.9. The highest BCUT2D eigenvalue weighted by Gasteiger charge is 2.42. The monoisotopic (exact) mass is 739 g/mol. The smallest absolute Gasteiger partial charge is 0.352 e. The van der Waals surface area contributed by atoms with Gasteiger partial charge in [0.2, 0.25) is 12.2 Å². The van der Waals surface area contributed by atoms with Crippen molar-refractivity contribution in [1.82, 2.24) is 0 Å². The lowest BCUT2D eigenvalue weighted by atomic mass is 10.0. The maximum absolute atomic E-state index is 12.8. The number of esters is 4. The number of unbranched alkanes of at least 4 members (excludes halogenated alkanes) is 28. The van der Waals surface area contributed by atoms with Crippen molar-refractivity contribution in [2.75, 3.05) is 13.2 Å². The quantitative estimate of drug-likeness (QED) is 0.0349. The molecule has 8 heteroatoms. The van der Waals surface area contributed by atoms with Crippen molar-refractivity contribution in [3.05, 3.63) is 0 Å². The van der Waals surface area contributed by atoms with Crippen molar-refractivity contribution < 1.29 is 38.1 Å². The molecule has 0 saturated heterocycles. The predicted octanol–water partition coefficient (Wildman–Crippen LogP) is 12.5. The van der Waals surface area contributed by atoms with E-state index in [1.54, 1.807) is 13.8 Å².